The number of hydroxylamine groups is 1. The zero-order valence-electron chi connectivity index (χ0n) is 29.0. The second kappa shape index (κ2) is 29.3. The van der Waals surface area contributed by atoms with Crippen LogP contribution in [0.25, 0.3) is 0 Å². The number of rotatable bonds is 27. The predicted molar refractivity (Wildman–Crippen MR) is 182 cm³/mol. The first-order chi connectivity index (χ1) is 22.3. The molecule has 4 N–H and O–H groups in total. The van der Waals surface area contributed by atoms with E-state index in [0.717, 1.165) is 13.0 Å². The molecule has 0 saturated carbocycles. The van der Waals surface area contributed by atoms with Gasteiger partial charge < -0.3 is 20.2 Å². The van der Waals surface area contributed by atoms with E-state index < -0.39 is 17.9 Å². The van der Waals surface area contributed by atoms with Crippen molar-refractivity contribution in [3.63, 3.8) is 0 Å². The third kappa shape index (κ3) is 26.3. The first kappa shape index (κ1) is 42.2. The molecule has 1 heterocycles. The minimum absolute atomic E-state index is 0.114. The van der Waals surface area contributed by atoms with Crippen molar-refractivity contribution in [2.24, 2.45) is 0 Å². The Labute approximate surface area is 278 Å². The van der Waals surface area contributed by atoms with Gasteiger partial charge in [0, 0.05) is 65.4 Å². The van der Waals surface area contributed by atoms with E-state index in [9.17, 15) is 29.7 Å². The summed E-state index contributed by atoms with van der Waals surface area (Å²) in [7, 11) is 0. The van der Waals surface area contributed by atoms with E-state index in [2.05, 4.69) is 17.3 Å². The highest BCUT2D eigenvalue weighted by molar-refractivity contribution is 5.69. The monoisotopic (exact) mass is 658 g/mol. The van der Waals surface area contributed by atoms with Crippen LogP contribution in [0.1, 0.15) is 110 Å². The smallest absolute Gasteiger partial charge is 0.317 e. The quantitative estimate of drug-likeness (QED) is 0.0740. The normalized spacial score (nSPS) is 16.6. The molecule has 1 fully saturated rings. The van der Waals surface area contributed by atoms with Crippen molar-refractivity contribution in [1.82, 2.24) is 25.1 Å². The highest BCUT2D eigenvalue weighted by Crippen LogP contribution is 2.13. The minimum Gasteiger partial charge on any atom is -0.480 e. The van der Waals surface area contributed by atoms with Gasteiger partial charge in [-0.25, -0.2) is 5.48 Å². The number of hydrogen-bond acceptors (Lipinski definition) is 9. The number of nitrogens with zero attached hydrogens (tertiary/aromatic N) is 4. The first-order valence-electron chi connectivity index (χ1n) is 18.2. The Morgan fingerprint density at radius 2 is 0.804 bits per heavy atom. The van der Waals surface area contributed by atoms with Crippen LogP contribution >= 0.6 is 0 Å². The fourth-order valence-electron chi connectivity index (χ4n) is 5.91. The predicted octanol–water partition coefficient (Wildman–Crippen LogP) is 4.24. The second-order valence-electron chi connectivity index (χ2n) is 12.9. The maximum atomic E-state index is 11.4. The van der Waals surface area contributed by atoms with Crippen molar-refractivity contribution in [2.75, 3.05) is 91.7 Å². The van der Waals surface area contributed by atoms with E-state index in [1.165, 1.54) is 96.3 Å². The van der Waals surface area contributed by atoms with Crippen molar-refractivity contribution >= 4 is 17.9 Å². The number of carbonyl (C=O) groups is 3. The van der Waals surface area contributed by atoms with Crippen molar-refractivity contribution in [3.8, 4) is 0 Å². The minimum atomic E-state index is -0.962. The lowest BCUT2D eigenvalue weighted by molar-refractivity contribution is -0.140. The Morgan fingerprint density at radius 3 is 1.13 bits per heavy atom. The number of aliphatic carboxylic acids is 3. The van der Waals surface area contributed by atoms with Gasteiger partial charge >= 0.3 is 17.9 Å². The van der Waals surface area contributed by atoms with Gasteiger partial charge in [0.15, 0.2) is 0 Å². The summed E-state index contributed by atoms with van der Waals surface area (Å²) in [6.45, 7) is 7.67. The van der Waals surface area contributed by atoms with E-state index in [1.54, 1.807) is 4.90 Å². The molecule has 1 rings (SSSR count). The molecule has 1 aliphatic heterocycles. The summed E-state index contributed by atoms with van der Waals surface area (Å²) in [5, 5.41) is 28.0. The van der Waals surface area contributed by atoms with Crippen molar-refractivity contribution in [3.05, 3.63) is 0 Å². The number of carboxylic acids is 3. The zero-order chi connectivity index (χ0) is 33.7. The third-order valence-electron chi connectivity index (χ3n) is 8.75. The largest absolute Gasteiger partial charge is 0.480 e. The fourth-order valence-corrected chi connectivity index (χ4v) is 5.91. The van der Waals surface area contributed by atoms with Crippen LogP contribution in [0.4, 0.5) is 0 Å². The van der Waals surface area contributed by atoms with Gasteiger partial charge in [-0.05, 0) is 6.42 Å². The Kier molecular flexibility index (Phi) is 26.9. The molecule has 0 amide bonds. The molecule has 1 aliphatic rings. The standard InChI is InChI=1S/C34H67N5O7/c1-2-3-4-5-6-7-8-9-10-11-12-13-14-15-16-17-18-35-46-28-27-36-19-21-37(29-32(40)41)23-25-39(31-34(44)45)26-24-38(22-20-36)30-33(42)43/h35H,2-31H2,1H3,(H,40,41)(H,42,43)(H,44,45). The molecule has 46 heavy (non-hydrogen) atoms. The molecule has 0 spiro atoms. The second-order valence-corrected chi connectivity index (χ2v) is 12.9. The van der Waals surface area contributed by atoms with E-state index >= 15 is 0 Å². The van der Waals surface area contributed by atoms with Gasteiger partial charge in [-0.2, -0.15) is 0 Å². The van der Waals surface area contributed by atoms with Crippen LogP contribution < -0.4 is 5.48 Å². The summed E-state index contributed by atoms with van der Waals surface area (Å²) in [5.74, 6) is -2.80. The molecule has 0 atom stereocenters. The summed E-state index contributed by atoms with van der Waals surface area (Å²) in [6, 6.07) is 0. The maximum Gasteiger partial charge on any atom is 0.317 e. The van der Waals surface area contributed by atoms with Gasteiger partial charge in [0.25, 0.3) is 0 Å². The van der Waals surface area contributed by atoms with Gasteiger partial charge in [-0.1, -0.05) is 103 Å². The SMILES string of the molecule is CCCCCCCCCCCCCCCCCCNOCCN1CCN(CC(=O)O)CCN(CC(=O)O)CCN(CC(=O)O)CC1. The van der Waals surface area contributed by atoms with Gasteiger partial charge in [-0.3, -0.25) is 34.0 Å². The first-order valence-corrected chi connectivity index (χ1v) is 18.2. The lowest BCUT2D eigenvalue weighted by Crippen LogP contribution is -2.48. The van der Waals surface area contributed by atoms with Gasteiger partial charge in [0.2, 0.25) is 0 Å². The van der Waals surface area contributed by atoms with Crippen LogP contribution in [0.2, 0.25) is 0 Å². The molecule has 0 bridgehead atoms. The molecule has 1 saturated heterocycles. The van der Waals surface area contributed by atoms with Gasteiger partial charge in [0.1, 0.15) is 0 Å². The molecule has 0 aromatic carbocycles. The number of hydrogen-bond donors (Lipinski definition) is 4. The summed E-state index contributed by atoms with van der Waals surface area (Å²) in [5.41, 5.74) is 3.08. The Hall–Kier alpha value is -1.83. The summed E-state index contributed by atoms with van der Waals surface area (Å²) in [4.78, 5) is 47.5. The van der Waals surface area contributed by atoms with Crippen molar-refractivity contribution < 1.29 is 34.5 Å². The topological polar surface area (TPSA) is 146 Å². The number of nitrogens with one attached hydrogen (secondary N) is 1. The highest BCUT2D eigenvalue weighted by atomic mass is 16.6. The van der Waals surface area contributed by atoms with Crippen LogP contribution in [0, 0.1) is 0 Å². The average Bonchev–Trinajstić information content (AvgIpc) is 3.00. The summed E-state index contributed by atoms with van der Waals surface area (Å²) >= 11 is 0. The number of carboxylic acid groups (broad SMARTS) is 3. The molecule has 0 aromatic heterocycles. The molecule has 0 unspecified atom stereocenters. The average molecular weight is 658 g/mol. The van der Waals surface area contributed by atoms with Gasteiger partial charge in [0.05, 0.1) is 26.2 Å². The molecule has 0 aromatic rings. The molecule has 270 valence electrons. The Balaban J connectivity index is 2.24. The van der Waals surface area contributed by atoms with Crippen LogP contribution in [0.15, 0.2) is 0 Å². The van der Waals surface area contributed by atoms with Crippen LogP contribution in [-0.2, 0) is 19.2 Å². The highest BCUT2D eigenvalue weighted by Gasteiger charge is 2.20. The lowest BCUT2D eigenvalue weighted by Gasteiger charge is -2.33. The molecule has 12 nitrogen and oxygen atoms in total. The van der Waals surface area contributed by atoms with Crippen LogP contribution in [-0.4, -0.2) is 145 Å². The molecular weight excluding hydrogens is 590 g/mol. The number of unbranched alkanes of at least 4 members (excludes halogenated alkanes) is 15. The van der Waals surface area contributed by atoms with Crippen LogP contribution in [0.5, 0.6) is 0 Å². The van der Waals surface area contributed by atoms with Crippen molar-refractivity contribution in [1.29, 1.82) is 0 Å². The summed E-state index contributed by atoms with van der Waals surface area (Å²) < 4.78 is 0. The molecule has 0 aliphatic carbocycles. The Bertz CT molecular complexity index is 744. The third-order valence-corrected chi connectivity index (χ3v) is 8.75. The molecular formula is C34H67N5O7. The summed E-state index contributed by atoms with van der Waals surface area (Å²) in [6.07, 6.45) is 21.5. The van der Waals surface area contributed by atoms with Gasteiger partial charge in [-0.15, -0.1) is 0 Å². The molecule has 0 radical (unpaired) electrons. The lowest BCUT2D eigenvalue weighted by atomic mass is 10.0. The maximum absolute atomic E-state index is 11.4. The Morgan fingerprint density at radius 1 is 0.500 bits per heavy atom. The van der Waals surface area contributed by atoms with Crippen molar-refractivity contribution in [2.45, 2.75) is 110 Å². The van der Waals surface area contributed by atoms with Crippen LogP contribution in [0.3, 0.4) is 0 Å². The van der Waals surface area contributed by atoms with E-state index in [4.69, 9.17) is 4.84 Å². The van der Waals surface area contributed by atoms with E-state index in [-0.39, 0.29) is 19.6 Å². The zero-order valence-corrected chi connectivity index (χ0v) is 29.0. The molecule has 12 heteroatoms. The van der Waals surface area contributed by atoms with E-state index in [0.29, 0.717) is 65.5 Å². The van der Waals surface area contributed by atoms with E-state index in [1.807, 2.05) is 9.80 Å². The fraction of sp³-hybridized carbons (Fsp3) is 0.912.